The minimum absolute atomic E-state index is 0.299. The molecule has 0 amide bonds. The molecule has 4 heteroatoms. The highest BCUT2D eigenvalue weighted by Crippen LogP contribution is 2.32. The molecule has 1 fully saturated rings. The molecule has 1 aliphatic heterocycles. The van der Waals surface area contributed by atoms with Gasteiger partial charge in [-0.2, -0.15) is 0 Å². The normalized spacial score (nSPS) is 30.5. The van der Waals surface area contributed by atoms with E-state index >= 15 is 0 Å². The highest BCUT2D eigenvalue weighted by atomic mass is 15.3. The Bertz CT molecular complexity index is 357. The van der Waals surface area contributed by atoms with E-state index in [0.717, 1.165) is 25.2 Å². The summed E-state index contributed by atoms with van der Waals surface area (Å²) in [5, 5.41) is 8.61. The van der Waals surface area contributed by atoms with Crippen LogP contribution >= 0.6 is 0 Å². The van der Waals surface area contributed by atoms with Crippen molar-refractivity contribution in [2.24, 2.45) is 5.73 Å². The first kappa shape index (κ1) is 9.33. The zero-order chi connectivity index (χ0) is 10.3. The first-order valence-corrected chi connectivity index (χ1v) is 6.04. The molecule has 2 heterocycles. The van der Waals surface area contributed by atoms with Crippen molar-refractivity contribution in [2.75, 3.05) is 0 Å². The summed E-state index contributed by atoms with van der Waals surface area (Å²) in [7, 11) is 0. The van der Waals surface area contributed by atoms with Gasteiger partial charge in [0.05, 0.1) is 0 Å². The molecule has 0 saturated heterocycles. The molecule has 0 radical (unpaired) electrons. The van der Waals surface area contributed by atoms with Gasteiger partial charge in [0.25, 0.3) is 0 Å². The molecule has 1 aliphatic carbocycles. The van der Waals surface area contributed by atoms with Gasteiger partial charge in [-0.05, 0) is 19.3 Å². The van der Waals surface area contributed by atoms with E-state index in [1.165, 1.54) is 31.5 Å². The first-order chi connectivity index (χ1) is 7.36. The predicted octanol–water partition coefficient (Wildman–Crippen LogP) is 1.21. The number of hydrogen-bond donors (Lipinski definition) is 1. The molecule has 2 atom stereocenters. The molecule has 1 aromatic heterocycles. The molecular weight excluding hydrogens is 188 g/mol. The fourth-order valence-electron chi connectivity index (χ4n) is 2.93. The first-order valence-electron chi connectivity index (χ1n) is 6.04. The molecule has 0 aromatic carbocycles. The van der Waals surface area contributed by atoms with Gasteiger partial charge < -0.3 is 10.3 Å². The van der Waals surface area contributed by atoms with Gasteiger partial charge >= 0.3 is 0 Å². The van der Waals surface area contributed by atoms with Crippen LogP contribution in [0, 0.1) is 0 Å². The Kier molecular flexibility index (Phi) is 2.24. The third kappa shape index (κ3) is 1.47. The van der Waals surface area contributed by atoms with Crippen LogP contribution in [0.5, 0.6) is 0 Å². The minimum Gasteiger partial charge on any atom is -0.327 e. The zero-order valence-electron chi connectivity index (χ0n) is 9.02. The maximum atomic E-state index is 6.18. The Morgan fingerprint density at radius 3 is 2.87 bits per heavy atom. The van der Waals surface area contributed by atoms with Crippen LogP contribution in [0.4, 0.5) is 0 Å². The van der Waals surface area contributed by atoms with Crippen LogP contribution in [-0.2, 0) is 13.0 Å². The molecule has 4 nitrogen and oxygen atoms in total. The van der Waals surface area contributed by atoms with Gasteiger partial charge in [-0.1, -0.05) is 12.8 Å². The van der Waals surface area contributed by atoms with E-state index in [4.69, 9.17) is 5.73 Å². The molecule has 3 rings (SSSR count). The van der Waals surface area contributed by atoms with Crippen LogP contribution in [0.2, 0.25) is 0 Å². The van der Waals surface area contributed by atoms with Crippen LogP contribution in [0.15, 0.2) is 0 Å². The number of nitrogens with zero attached hydrogens (tertiary/aromatic N) is 3. The molecular formula is C11H18N4. The Labute approximate surface area is 89.9 Å². The van der Waals surface area contributed by atoms with Crippen molar-refractivity contribution in [1.29, 1.82) is 0 Å². The van der Waals surface area contributed by atoms with Crippen molar-refractivity contribution >= 4 is 0 Å². The van der Waals surface area contributed by atoms with E-state index < -0.39 is 0 Å². The molecule has 0 bridgehead atoms. The molecule has 1 aromatic rings. The fraction of sp³-hybridized carbons (Fsp3) is 0.818. The second-order valence-electron chi connectivity index (χ2n) is 4.78. The van der Waals surface area contributed by atoms with Crippen molar-refractivity contribution in [3.8, 4) is 0 Å². The van der Waals surface area contributed by atoms with E-state index in [1.54, 1.807) is 0 Å². The third-order valence-corrected chi connectivity index (χ3v) is 3.79. The van der Waals surface area contributed by atoms with Gasteiger partial charge in [-0.25, -0.2) is 0 Å². The van der Waals surface area contributed by atoms with Crippen molar-refractivity contribution in [3.05, 3.63) is 11.6 Å². The summed E-state index contributed by atoms with van der Waals surface area (Å²) in [4.78, 5) is 0. The lowest BCUT2D eigenvalue weighted by Crippen LogP contribution is -2.33. The summed E-state index contributed by atoms with van der Waals surface area (Å²) in [6.45, 7) is 1.10. The Hall–Kier alpha value is -0.900. The van der Waals surface area contributed by atoms with E-state index in [1.807, 2.05) is 0 Å². The summed E-state index contributed by atoms with van der Waals surface area (Å²) in [5.74, 6) is 2.79. The molecule has 2 unspecified atom stereocenters. The predicted molar refractivity (Wildman–Crippen MR) is 57.5 cm³/mol. The van der Waals surface area contributed by atoms with Gasteiger partial charge in [0.2, 0.25) is 0 Å². The molecule has 1 saturated carbocycles. The summed E-state index contributed by atoms with van der Waals surface area (Å²) < 4.78 is 2.30. The molecule has 0 spiro atoms. The molecule has 2 aliphatic rings. The summed E-state index contributed by atoms with van der Waals surface area (Å²) in [5.41, 5.74) is 6.18. The van der Waals surface area contributed by atoms with Gasteiger partial charge in [-0.3, -0.25) is 0 Å². The van der Waals surface area contributed by atoms with Gasteiger partial charge in [0.1, 0.15) is 11.6 Å². The second kappa shape index (κ2) is 3.59. The monoisotopic (exact) mass is 206 g/mol. The maximum absolute atomic E-state index is 6.18. The van der Waals surface area contributed by atoms with Crippen molar-refractivity contribution in [3.63, 3.8) is 0 Å². The lowest BCUT2D eigenvalue weighted by Gasteiger charge is -2.27. The van der Waals surface area contributed by atoms with Gasteiger partial charge in [0.15, 0.2) is 0 Å². The van der Waals surface area contributed by atoms with Crippen LogP contribution in [0.3, 0.4) is 0 Å². The van der Waals surface area contributed by atoms with Gasteiger partial charge in [0, 0.05) is 24.9 Å². The fourth-order valence-corrected chi connectivity index (χ4v) is 2.93. The minimum atomic E-state index is 0.299. The van der Waals surface area contributed by atoms with Crippen molar-refractivity contribution < 1.29 is 0 Å². The highest BCUT2D eigenvalue weighted by Gasteiger charge is 2.30. The average molecular weight is 206 g/mol. The lowest BCUT2D eigenvalue weighted by molar-refractivity contribution is 0.364. The molecule has 15 heavy (non-hydrogen) atoms. The molecule has 2 N–H and O–H groups in total. The third-order valence-electron chi connectivity index (χ3n) is 3.79. The van der Waals surface area contributed by atoms with Crippen molar-refractivity contribution in [1.82, 2.24) is 14.8 Å². The number of aryl methyl sites for hydroxylation is 1. The lowest BCUT2D eigenvalue weighted by atomic mass is 9.84. The molecule has 82 valence electrons. The quantitative estimate of drug-likeness (QED) is 0.751. The Morgan fingerprint density at radius 2 is 2.00 bits per heavy atom. The zero-order valence-corrected chi connectivity index (χ0v) is 9.02. The summed E-state index contributed by atoms with van der Waals surface area (Å²) >= 11 is 0. The smallest absolute Gasteiger partial charge is 0.137 e. The average Bonchev–Trinajstić information content (AvgIpc) is 2.80. The van der Waals surface area contributed by atoms with E-state index in [0.29, 0.717) is 12.0 Å². The number of rotatable bonds is 1. The largest absolute Gasteiger partial charge is 0.327 e. The number of nitrogens with two attached hydrogens (primary N) is 1. The van der Waals surface area contributed by atoms with E-state index in [9.17, 15) is 0 Å². The number of hydrogen-bond acceptors (Lipinski definition) is 3. The number of aromatic nitrogens is 3. The summed E-state index contributed by atoms with van der Waals surface area (Å²) in [6, 6.07) is 0.299. The van der Waals surface area contributed by atoms with Crippen molar-refractivity contribution in [2.45, 2.75) is 57.0 Å². The Balaban J connectivity index is 1.91. The maximum Gasteiger partial charge on any atom is 0.137 e. The topological polar surface area (TPSA) is 56.7 Å². The highest BCUT2D eigenvalue weighted by molar-refractivity contribution is 5.09. The van der Waals surface area contributed by atoms with Crippen LogP contribution in [0.25, 0.3) is 0 Å². The second-order valence-corrected chi connectivity index (χ2v) is 4.78. The number of fused-ring (bicyclic) bond motifs is 1. The standard InChI is InChI=1S/C11H18N4/c12-9-5-2-1-4-8(9)11-14-13-10-6-3-7-15(10)11/h8-9H,1-7,12H2. The Morgan fingerprint density at radius 1 is 1.13 bits per heavy atom. The van der Waals surface area contributed by atoms with Crippen LogP contribution in [0.1, 0.15) is 49.7 Å². The van der Waals surface area contributed by atoms with Gasteiger partial charge in [-0.15, -0.1) is 10.2 Å². The van der Waals surface area contributed by atoms with Crippen LogP contribution in [-0.4, -0.2) is 20.8 Å². The van der Waals surface area contributed by atoms with E-state index in [-0.39, 0.29) is 0 Å². The summed E-state index contributed by atoms with van der Waals surface area (Å²) in [6.07, 6.45) is 7.22. The van der Waals surface area contributed by atoms with Crippen LogP contribution < -0.4 is 5.73 Å². The SMILES string of the molecule is NC1CCCCC1c1nnc2n1CCC2. The van der Waals surface area contributed by atoms with E-state index in [2.05, 4.69) is 14.8 Å².